The molecule has 7 nitrogen and oxygen atoms in total. The number of ether oxygens (including phenoxy) is 2. The molecule has 0 aromatic heterocycles. The summed E-state index contributed by atoms with van der Waals surface area (Å²) in [6.45, 7) is 5.61. The van der Waals surface area contributed by atoms with E-state index >= 15 is 0 Å². The van der Waals surface area contributed by atoms with Gasteiger partial charge in [0.05, 0.1) is 14.2 Å². The number of allylic oxidation sites excluding steroid dienone is 1. The van der Waals surface area contributed by atoms with Crippen molar-refractivity contribution in [3.63, 3.8) is 0 Å². The van der Waals surface area contributed by atoms with Crippen LogP contribution in [0.1, 0.15) is 32.3 Å². The molecule has 1 aromatic carbocycles. The molecule has 3 N–H and O–H groups in total. The van der Waals surface area contributed by atoms with E-state index in [4.69, 9.17) is 9.47 Å². The first-order chi connectivity index (χ1) is 13.5. The number of methoxy groups -OCH3 is 2. The predicted octanol–water partition coefficient (Wildman–Crippen LogP) is 2.88. The van der Waals surface area contributed by atoms with Crippen LogP contribution in [0.2, 0.25) is 0 Å². The van der Waals surface area contributed by atoms with E-state index in [1.807, 2.05) is 26.0 Å². The third-order valence-corrected chi connectivity index (χ3v) is 3.80. The molecule has 28 heavy (non-hydrogen) atoms. The zero-order chi connectivity index (χ0) is 20.8. The molecule has 154 valence electrons. The van der Waals surface area contributed by atoms with Gasteiger partial charge in [0, 0.05) is 25.7 Å². The van der Waals surface area contributed by atoms with Crippen molar-refractivity contribution in [2.75, 3.05) is 33.9 Å². The van der Waals surface area contributed by atoms with Gasteiger partial charge in [0.15, 0.2) is 11.5 Å². The molecule has 7 heteroatoms. The largest absolute Gasteiger partial charge is 0.493 e. The van der Waals surface area contributed by atoms with Crippen LogP contribution in [0.5, 0.6) is 11.5 Å². The van der Waals surface area contributed by atoms with E-state index in [9.17, 15) is 9.59 Å². The summed E-state index contributed by atoms with van der Waals surface area (Å²) in [6, 6.07) is 5.26. The van der Waals surface area contributed by atoms with Crippen molar-refractivity contribution in [1.82, 2.24) is 16.0 Å². The van der Waals surface area contributed by atoms with Crippen LogP contribution in [0.15, 0.2) is 35.9 Å². The molecule has 0 radical (unpaired) electrons. The summed E-state index contributed by atoms with van der Waals surface area (Å²) >= 11 is 0. The average Bonchev–Trinajstić information content (AvgIpc) is 2.68. The van der Waals surface area contributed by atoms with Gasteiger partial charge in [-0.05, 0) is 50.5 Å². The van der Waals surface area contributed by atoms with Crippen LogP contribution >= 0.6 is 0 Å². The van der Waals surface area contributed by atoms with Crippen LogP contribution in [0, 0.1) is 0 Å². The molecule has 3 amide bonds. The molecule has 0 unspecified atom stereocenters. The minimum atomic E-state index is -0.181. The van der Waals surface area contributed by atoms with Crippen molar-refractivity contribution >= 4 is 18.0 Å². The normalized spacial score (nSPS) is 10.3. The van der Waals surface area contributed by atoms with E-state index in [0.29, 0.717) is 31.1 Å². The predicted molar refractivity (Wildman–Crippen MR) is 112 cm³/mol. The smallest absolute Gasteiger partial charge is 0.315 e. The van der Waals surface area contributed by atoms with Gasteiger partial charge in [-0.15, -0.1) is 0 Å². The first-order valence-corrected chi connectivity index (χ1v) is 9.29. The Morgan fingerprint density at radius 3 is 2.29 bits per heavy atom. The fourth-order valence-electron chi connectivity index (χ4n) is 2.26. The number of amides is 3. The van der Waals surface area contributed by atoms with Crippen molar-refractivity contribution in [1.29, 1.82) is 0 Å². The molecule has 0 aliphatic rings. The Bertz CT molecular complexity index is 695. The SMILES string of the molecule is COc1ccc(/C=C\C(=O)NCCCCNC(=O)NCC=C(C)C)cc1OC. The summed E-state index contributed by atoms with van der Waals surface area (Å²) in [5.74, 6) is 1.09. The molecular weight excluding hydrogens is 358 g/mol. The van der Waals surface area contributed by atoms with Gasteiger partial charge >= 0.3 is 6.03 Å². The third-order valence-electron chi connectivity index (χ3n) is 3.80. The number of benzene rings is 1. The Kier molecular flexibility index (Phi) is 10.9. The Morgan fingerprint density at radius 2 is 1.64 bits per heavy atom. The molecule has 0 saturated heterocycles. The van der Waals surface area contributed by atoms with E-state index in [2.05, 4.69) is 16.0 Å². The molecule has 0 fully saturated rings. The van der Waals surface area contributed by atoms with Crippen molar-refractivity contribution in [3.05, 3.63) is 41.5 Å². The van der Waals surface area contributed by atoms with Crippen LogP contribution in [0.4, 0.5) is 4.79 Å². The van der Waals surface area contributed by atoms with E-state index in [1.165, 1.54) is 6.08 Å². The monoisotopic (exact) mass is 389 g/mol. The summed E-state index contributed by atoms with van der Waals surface area (Å²) in [5.41, 5.74) is 2.01. The van der Waals surface area contributed by atoms with Gasteiger partial charge in [-0.25, -0.2) is 4.79 Å². The van der Waals surface area contributed by atoms with Crippen molar-refractivity contribution in [3.8, 4) is 11.5 Å². The van der Waals surface area contributed by atoms with Crippen LogP contribution in [-0.2, 0) is 4.79 Å². The Morgan fingerprint density at radius 1 is 0.964 bits per heavy atom. The standard InChI is InChI=1S/C21H31N3O4/c1-16(2)11-14-24-21(26)23-13-6-5-12-22-20(25)10-8-17-7-9-18(27-3)19(15-17)28-4/h7-11,15H,5-6,12-14H2,1-4H3,(H,22,25)(H2,23,24,26)/b10-8-. The van der Waals surface area contributed by atoms with Crippen LogP contribution < -0.4 is 25.4 Å². The van der Waals surface area contributed by atoms with Gasteiger partial charge in [-0.2, -0.15) is 0 Å². The van der Waals surface area contributed by atoms with E-state index in [0.717, 1.165) is 24.0 Å². The second-order valence-corrected chi connectivity index (χ2v) is 6.36. The first-order valence-electron chi connectivity index (χ1n) is 9.29. The number of rotatable bonds is 11. The molecule has 1 aromatic rings. The Balaban J connectivity index is 2.21. The molecule has 0 aliphatic heterocycles. The molecule has 0 saturated carbocycles. The number of urea groups is 1. The highest BCUT2D eigenvalue weighted by Crippen LogP contribution is 2.27. The van der Waals surface area contributed by atoms with Crippen LogP contribution in [0.25, 0.3) is 6.08 Å². The average molecular weight is 389 g/mol. The first kappa shape index (κ1) is 23.1. The topological polar surface area (TPSA) is 88.7 Å². The molecular formula is C21H31N3O4. The van der Waals surface area contributed by atoms with Gasteiger partial charge in [-0.1, -0.05) is 17.7 Å². The Labute approximate surface area is 167 Å². The van der Waals surface area contributed by atoms with Crippen LogP contribution in [0.3, 0.4) is 0 Å². The number of unbranched alkanes of at least 4 members (excludes halogenated alkanes) is 1. The summed E-state index contributed by atoms with van der Waals surface area (Å²) < 4.78 is 10.4. The zero-order valence-corrected chi connectivity index (χ0v) is 17.1. The molecule has 0 bridgehead atoms. The highest BCUT2D eigenvalue weighted by Gasteiger charge is 2.03. The highest BCUT2D eigenvalue weighted by atomic mass is 16.5. The van der Waals surface area contributed by atoms with Crippen molar-refractivity contribution in [2.45, 2.75) is 26.7 Å². The number of nitrogens with one attached hydrogen (secondary N) is 3. The van der Waals surface area contributed by atoms with E-state index < -0.39 is 0 Å². The summed E-state index contributed by atoms with van der Waals surface area (Å²) in [4.78, 5) is 23.4. The second kappa shape index (κ2) is 13.2. The second-order valence-electron chi connectivity index (χ2n) is 6.36. The lowest BCUT2D eigenvalue weighted by molar-refractivity contribution is -0.116. The van der Waals surface area contributed by atoms with Gasteiger partial charge in [-0.3, -0.25) is 4.79 Å². The fourth-order valence-corrected chi connectivity index (χ4v) is 2.26. The van der Waals surface area contributed by atoms with Crippen molar-refractivity contribution in [2.24, 2.45) is 0 Å². The summed E-state index contributed by atoms with van der Waals surface area (Å²) in [6.07, 6.45) is 6.72. The van der Waals surface area contributed by atoms with Crippen molar-refractivity contribution < 1.29 is 19.1 Å². The van der Waals surface area contributed by atoms with Crippen LogP contribution in [-0.4, -0.2) is 45.8 Å². The zero-order valence-electron chi connectivity index (χ0n) is 17.1. The maximum absolute atomic E-state index is 11.9. The molecule has 0 heterocycles. The van der Waals surface area contributed by atoms with Gasteiger partial charge in [0.1, 0.15) is 0 Å². The third kappa shape index (κ3) is 9.66. The maximum atomic E-state index is 11.9. The van der Waals surface area contributed by atoms with Gasteiger partial charge in [0.2, 0.25) is 5.91 Å². The number of carbonyl (C=O) groups is 2. The summed E-state index contributed by atoms with van der Waals surface area (Å²) in [5, 5.41) is 8.35. The van der Waals surface area contributed by atoms with Gasteiger partial charge in [0.25, 0.3) is 0 Å². The minimum absolute atomic E-state index is 0.165. The number of hydrogen-bond donors (Lipinski definition) is 3. The lowest BCUT2D eigenvalue weighted by atomic mass is 10.2. The molecule has 1 rings (SSSR count). The molecule has 0 atom stereocenters. The maximum Gasteiger partial charge on any atom is 0.315 e. The van der Waals surface area contributed by atoms with Gasteiger partial charge < -0.3 is 25.4 Å². The number of hydrogen-bond acceptors (Lipinski definition) is 4. The van der Waals surface area contributed by atoms with E-state index in [-0.39, 0.29) is 11.9 Å². The Hall–Kier alpha value is -2.96. The number of carbonyl (C=O) groups excluding carboxylic acids is 2. The lowest BCUT2D eigenvalue weighted by Crippen LogP contribution is -2.36. The molecule has 0 aliphatic carbocycles. The molecule has 0 spiro atoms. The van der Waals surface area contributed by atoms with E-state index in [1.54, 1.807) is 32.4 Å². The summed E-state index contributed by atoms with van der Waals surface area (Å²) in [7, 11) is 3.15. The lowest BCUT2D eigenvalue weighted by Gasteiger charge is -2.07. The minimum Gasteiger partial charge on any atom is -0.493 e. The quantitative estimate of drug-likeness (QED) is 0.308. The fraction of sp³-hybridized carbons (Fsp3) is 0.429. The highest BCUT2D eigenvalue weighted by molar-refractivity contribution is 5.91.